The summed E-state index contributed by atoms with van der Waals surface area (Å²) >= 11 is 6.20. The zero-order valence-corrected chi connectivity index (χ0v) is 15.6. The third-order valence-corrected chi connectivity index (χ3v) is 4.60. The number of hydrogen-bond acceptors (Lipinski definition) is 5. The number of piperazine rings is 1. The lowest BCUT2D eigenvalue weighted by Crippen LogP contribution is -2.58. The SMILES string of the molecule is COc1nc2c(cc1Cl)C[C@@H]1CN(C(=O)OC(C)(C)C)C[C@@H](C)N21. The fourth-order valence-corrected chi connectivity index (χ4v) is 3.73. The van der Waals surface area contributed by atoms with Crippen molar-refractivity contribution < 1.29 is 14.3 Å². The van der Waals surface area contributed by atoms with Crippen LogP contribution in [-0.4, -0.2) is 53.9 Å². The van der Waals surface area contributed by atoms with Crippen molar-refractivity contribution in [3.05, 3.63) is 16.7 Å². The molecule has 0 unspecified atom stereocenters. The highest BCUT2D eigenvalue weighted by Gasteiger charge is 2.42. The first-order chi connectivity index (χ1) is 11.2. The number of rotatable bonds is 1. The fraction of sp³-hybridized carbons (Fsp3) is 0.647. The standard InChI is InChI=1S/C17H24ClN3O3/c1-10-8-20(16(22)24-17(2,3)4)9-12-6-11-7-13(18)15(23-5)19-14(11)21(10)12/h7,10,12H,6,8-9H2,1-5H3/t10-,12-/m1/s1. The first kappa shape index (κ1) is 17.1. The van der Waals surface area contributed by atoms with Gasteiger partial charge in [-0.2, -0.15) is 4.98 Å². The van der Waals surface area contributed by atoms with Crippen LogP contribution in [0.15, 0.2) is 6.07 Å². The number of methoxy groups -OCH3 is 1. The van der Waals surface area contributed by atoms with Gasteiger partial charge in [0.05, 0.1) is 13.2 Å². The first-order valence-electron chi connectivity index (χ1n) is 8.19. The summed E-state index contributed by atoms with van der Waals surface area (Å²) in [6, 6.07) is 2.26. The minimum absolute atomic E-state index is 0.149. The molecular formula is C17H24ClN3O3. The van der Waals surface area contributed by atoms with Crippen molar-refractivity contribution in [3.63, 3.8) is 0 Å². The zero-order valence-electron chi connectivity index (χ0n) is 14.8. The van der Waals surface area contributed by atoms with Gasteiger partial charge in [0.25, 0.3) is 0 Å². The third kappa shape index (κ3) is 3.11. The number of pyridine rings is 1. The van der Waals surface area contributed by atoms with Crippen molar-refractivity contribution in [3.8, 4) is 5.88 Å². The molecule has 7 heteroatoms. The summed E-state index contributed by atoms with van der Waals surface area (Å²) in [4.78, 5) is 21.0. The molecule has 0 spiro atoms. The maximum absolute atomic E-state index is 12.4. The van der Waals surface area contributed by atoms with Crippen molar-refractivity contribution in [1.29, 1.82) is 0 Å². The van der Waals surface area contributed by atoms with Crippen LogP contribution in [-0.2, 0) is 11.2 Å². The monoisotopic (exact) mass is 353 g/mol. The highest BCUT2D eigenvalue weighted by molar-refractivity contribution is 6.32. The van der Waals surface area contributed by atoms with Gasteiger partial charge in [0, 0.05) is 19.1 Å². The van der Waals surface area contributed by atoms with Crippen molar-refractivity contribution >= 4 is 23.5 Å². The predicted octanol–water partition coefficient (Wildman–Crippen LogP) is 3.11. The number of fused-ring (bicyclic) bond motifs is 3. The maximum atomic E-state index is 12.4. The summed E-state index contributed by atoms with van der Waals surface area (Å²) in [7, 11) is 1.57. The molecule has 0 bridgehead atoms. The Hall–Kier alpha value is -1.69. The molecule has 3 rings (SSSR count). The predicted molar refractivity (Wildman–Crippen MR) is 93.0 cm³/mol. The van der Waals surface area contributed by atoms with E-state index in [9.17, 15) is 4.79 Å². The van der Waals surface area contributed by atoms with Gasteiger partial charge in [0.2, 0.25) is 5.88 Å². The smallest absolute Gasteiger partial charge is 0.410 e. The fourth-order valence-electron chi connectivity index (χ4n) is 3.48. The van der Waals surface area contributed by atoms with Gasteiger partial charge >= 0.3 is 6.09 Å². The number of hydrogen-bond donors (Lipinski definition) is 0. The van der Waals surface area contributed by atoms with Crippen LogP contribution < -0.4 is 9.64 Å². The van der Waals surface area contributed by atoms with Crippen LogP contribution in [0.5, 0.6) is 5.88 Å². The molecule has 0 radical (unpaired) electrons. The number of amides is 1. The van der Waals surface area contributed by atoms with Gasteiger partial charge < -0.3 is 19.3 Å². The van der Waals surface area contributed by atoms with Gasteiger partial charge in [0.15, 0.2) is 0 Å². The van der Waals surface area contributed by atoms with E-state index >= 15 is 0 Å². The summed E-state index contributed by atoms with van der Waals surface area (Å²) in [5.41, 5.74) is 0.613. The lowest BCUT2D eigenvalue weighted by atomic mass is 10.1. The Morgan fingerprint density at radius 1 is 1.38 bits per heavy atom. The Bertz CT molecular complexity index is 659. The largest absolute Gasteiger partial charge is 0.480 e. The minimum Gasteiger partial charge on any atom is -0.480 e. The van der Waals surface area contributed by atoms with E-state index in [0.29, 0.717) is 24.0 Å². The molecule has 24 heavy (non-hydrogen) atoms. The molecule has 1 aromatic rings. The summed E-state index contributed by atoms with van der Waals surface area (Å²) < 4.78 is 10.8. The van der Waals surface area contributed by atoms with Crippen LogP contribution in [0, 0.1) is 0 Å². The Morgan fingerprint density at radius 3 is 2.71 bits per heavy atom. The molecule has 1 saturated heterocycles. The van der Waals surface area contributed by atoms with Gasteiger partial charge in [-0.05, 0) is 45.7 Å². The van der Waals surface area contributed by atoms with Crippen molar-refractivity contribution in [2.24, 2.45) is 0 Å². The van der Waals surface area contributed by atoms with E-state index in [4.69, 9.17) is 21.1 Å². The molecule has 1 fully saturated rings. The molecule has 0 N–H and O–H groups in total. The molecule has 0 aromatic carbocycles. The molecule has 3 heterocycles. The molecule has 0 aliphatic carbocycles. The van der Waals surface area contributed by atoms with Crippen LogP contribution in [0.25, 0.3) is 0 Å². The van der Waals surface area contributed by atoms with E-state index in [1.165, 1.54) is 0 Å². The van der Waals surface area contributed by atoms with Gasteiger partial charge in [-0.15, -0.1) is 0 Å². The van der Waals surface area contributed by atoms with Crippen LogP contribution >= 0.6 is 11.6 Å². The van der Waals surface area contributed by atoms with Crippen LogP contribution in [0.2, 0.25) is 5.02 Å². The van der Waals surface area contributed by atoms with Gasteiger partial charge in [0.1, 0.15) is 16.4 Å². The van der Waals surface area contributed by atoms with Crippen molar-refractivity contribution in [1.82, 2.24) is 9.88 Å². The molecule has 2 aliphatic rings. The van der Waals surface area contributed by atoms with E-state index in [-0.39, 0.29) is 18.2 Å². The quantitative estimate of drug-likeness (QED) is 0.776. The van der Waals surface area contributed by atoms with Gasteiger partial charge in [-0.3, -0.25) is 0 Å². The average molecular weight is 354 g/mol. The maximum Gasteiger partial charge on any atom is 0.410 e. The lowest BCUT2D eigenvalue weighted by molar-refractivity contribution is 0.0191. The van der Waals surface area contributed by atoms with Crippen molar-refractivity contribution in [2.45, 2.75) is 51.8 Å². The first-order valence-corrected chi connectivity index (χ1v) is 8.57. The third-order valence-electron chi connectivity index (χ3n) is 4.33. The summed E-state index contributed by atoms with van der Waals surface area (Å²) in [6.45, 7) is 8.98. The molecule has 0 saturated carbocycles. The van der Waals surface area contributed by atoms with E-state index in [0.717, 1.165) is 17.8 Å². The number of carbonyl (C=O) groups excluding carboxylic acids is 1. The average Bonchev–Trinajstić information content (AvgIpc) is 2.81. The normalized spacial score (nSPS) is 22.9. The second-order valence-corrected chi connectivity index (χ2v) is 7.87. The molecule has 1 amide bonds. The zero-order chi connectivity index (χ0) is 17.6. The second-order valence-electron chi connectivity index (χ2n) is 7.46. The Kier molecular flexibility index (Phi) is 4.28. The number of nitrogens with zero attached hydrogens (tertiary/aromatic N) is 3. The summed E-state index contributed by atoms with van der Waals surface area (Å²) in [5.74, 6) is 1.36. The molecule has 2 atom stereocenters. The Morgan fingerprint density at radius 2 is 2.08 bits per heavy atom. The molecular weight excluding hydrogens is 330 g/mol. The van der Waals surface area contributed by atoms with Crippen molar-refractivity contribution in [2.75, 3.05) is 25.1 Å². The van der Waals surface area contributed by atoms with Gasteiger partial charge in [-0.1, -0.05) is 11.6 Å². The van der Waals surface area contributed by atoms with E-state index in [2.05, 4.69) is 16.8 Å². The number of halogens is 1. The Balaban J connectivity index is 1.81. The summed E-state index contributed by atoms with van der Waals surface area (Å²) in [5, 5.41) is 0.521. The lowest BCUT2D eigenvalue weighted by Gasteiger charge is -2.43. The number of anilines is 1. The Labute approximate surface area is 147 Å². The van der Waals surface area contributed by atoms with E-state index < -0.39 is 5.60 Å². The van der Waals surface area contributed by atoms with E-state index in [1.54, 1.807) is 12.0 Å². The topological polar surface area (TPSA) is 54.9 Å². The van der Waals surface area contributed by atoms with Crippen LogP contribution in [0.4, 0.5) is 10.6 Å². The summed E-state index contributed by atoms with van der Waals surface area (Å²) in [6.07, 6.45) is 0.559. The molecule has 2 aliphatic heterocycles. The molecule has 1 aromatic heterocycles. The highest BCUT2D eigenvalue weighted by Crippen LogP contribution is 2.39. The number of aromatic nitrogens is 1. The number of carbonyl (C=O) groups is 1. The second kappa shape index (κ2) is 5.99. The highest BCUT2D eigenvalue weighted by atomic mass is 35.5. The van der Waals surface area contributed by atoms with Crippen LogP contribution in [0.1, 0.15) is 33.3 Å². The number of ether oxygens (including phenoxy) is 2. The molecule has 6 nitrogen and oxygen atoms in total. The minimum atomic E-state index is -0.488. The van der Waals surface area contributed by atoms with Crippen LogP contribution in [0.3, 0.4) is 0 Å². The van der Waals surface area contributed by atoms with Gasteiger partial charge in [-0.25, -0.2) is 4.79 Å². The molecule has 132 valence electrons. The van der Waals surface area contributed by atoms with E-state index in [1.807, 2.05) is 26.8 Å².